The number of carboxylic acids is 1. The Hall–Kier alpha value is -0.740. The molecule has 0 aromatic carbocycles. The standard InChI is InChI=1S/C6H10O8S/c7-3-1-4(6(8)9)13-2-5(3)14-15(10,11)12/h3-5,7H,1-2H2,(H,8,9)(H,10,11,12)/p-1/t3-,4?,5?/m0/s1. The van der Waals surface area contributed by atoms with Crippen LogP contribution < -0.4 is 0 Å². The quantitative estimate of drug-likeness (QED) is 0.431. The third kappa shape index (κ3) is 3.72. The van der Waals surface area contributed by atoms with E-state index in [-0.39, 0.29) is 6.42 Å². The van der Waals surface area contributed by atoms with Crippen molar-refractivity contribution in [2.24, 2.45) is 0 Å². The molecule has 1 heterocycles. The van der Waals surface area contributed by atoms with E-state index >= 15 is 0 Å². The van der Waals surface area contributed by atoms with Crippen LogP contribution in [0.4, 0.5) is 0 Å². The van der Waals surface area contributed by atoms with Gasteiger partial charge < -0.3 is 19.5 Å². The van der Waals surface area contributed by atoms with Crippen LogP contribution in [0, 0.1) is 0 Å². The maximum Gasteiger partial charge on any atom is 0.332 e. The molecule has 1 fully saturated rings. The van der Waals surface area contributed by atoms with Crippen molar-refractivity contribution < 1.29 is 36.9 Å². The van der Waals surface area contributed by atoms with Crippen LogP contribution in [0.1, 0.15) is 6.42 Å². The van der Waals surface area contributed by atoms with E-state index in [4.69, 9.17) is 5.11 Å². The molecule has 2 unspecified atom stereocenters. The van der Waals surface area contributed by atoms with Gasteiger partial charge in [-0.3, -0.25) is 4.18 Å². The molecular weight excluding hydrogens is 232 g/mol. The normalized spacial score (nSPS) is 32.5. The lowest BCUT2D eigenvalue weighted by Gasteiger charge is -2.31. The van der Waals surface area contributed by atoms with E-state index in [0.717, 1.165) is 0 Å². The summed E-state index contributed by atoms with van der Waals surface area (Å²) >= 11 is 0. The van der Waals surface area contributed by atoms with Crippen molar-refractivity contribution in [3.05, 3.63) is 0 Å². The number of hydrogen-bond acceptors (Lipinski definition) is 7. The summed E-state index contributed by atoms with van der Waals surface area (Å²) in [5, 5.41) is 17.8. The molecule has 0 aliphatic carbocycles. The van der Waals surface area contributed by atoms with Crippen LogP contribution in [0.15, 0.2) is 0 Å². The first-order chi connectivity index (χ1) is 6.79. The van der Waals surface area contributed by atoms with Gasteiger partial charge in [-0.15, -0.1) is 0 Å². The number of aliphatic hydroxyl groups is 1. The zero-order valence-corrected chi connectivity index (χ0v) is 8.21. The fourth-order valence-corrected chi connectivity index (χ4v) is 1.66. The lowest BCUT2D eigenvalue weighted by atomic mass is 10.0. The summed E-state index contributed by atoms with van der Waals surface area (Å²) < 4.78 is 39.2. The zero-order chi connectivity index (χ0) is 11.6. The number of carbonyl (C=O) groups is 1. The molecule has 1 aliphatic rings. The summed E-state index contributed by atoms with van der Waals surface area (Å²) in [6.07, 6.45) is -4.24. The highest BCUT2D eigenvalue weighted by molar-refractivity contribution is 7.80. The summed E-state index contributed by atoms with van der Waals surface area (Å²) in [4.78, 5) is 10.4. The molecule has 0 bridgehead atoms. The predicted octanol–water partition coefficient (Wildman–Crippen LogP) is -1.93. The molecule has 2 N–H and O–H groups in total. The average Bonchev–Trinajstić information content (AvgIpc) is 2.05. The van der Waals surface area contributed by atoms with Crippen molar-refractivity contribution in [2.75, 3.05) is 6.61 Å². The molecule has 1 aliphatic heterocycles. The van der Waals surface area contributed by atoms with Crippen molar-refractivity contribution in [2.45, 2.75) is 24.7 Å². The number of rotatable bonds is 3. The van der Waals surface area contributed by atoms with E-state index in [9.17, 15) is 22.9 Å². The molecule has 0 aromatic heterocycles. The van der Waals surface area contributed by atoms with E-state index in [2.05, 4.69) is 8.92 Å². The molecule has 0 aromatic rings. The van der Waals surface area contributed by atoms with Crippen molar-refractivity contribution in [3.8, 4) is 0 Å². The average molecular weight is 241 g/mol. The van der Waals surface area contributed by atoms with Gasteiger partial charge in [-0.1, -0.05) is 0 Å². The number of hydrogen-bond donors (Lipinski definition) is 2. The fourth-order valence-electron chi connectivity index (χ4n) is 1.18. The molecule has 88 valence electrons. The molecule has 15 heavy (non-hydrogen) atoms. The lowest BCUT2D eigenvalue weighted by Crippen LogP contribution is -2.46. The molecule has 1 saturated heterocycles. The smallest absolute Gasteiger partial charge is 0.332 e. The Balaban J connectivity index is 2.57. The van der Waals surface area contributed by atoms with Gasteiger partial charge in [-0.25, -0.2) is 13.2 Å². The minimum atomic E-state index is -4.93. The Morgan fingerprint density at radius 1 is 1.53 bits per heavy atom. The molecule has 0 radical (unpaired) electrons. The molecule has 8 nitrogen and oxygen atoms in total. The van der Waals surface area contributed by atoms with Gasteiger partial charge in [0.15, 0.2) is 6.10 Å². The third-order valence-electron chi connectivity index (χ3n) is 1.86. The first-order valence-corrected chi connectivity index (χ1v) is 5.29. The second-order valence-corrected chi connectivity index (χ2v) is 4.02. The summed E-state index contributed by atoms with van der Waals surface area (Å²) in [5.41, 5.74) is 0. The van der Waals surface area contributed by atoms with Crippen LogP contribution in [-0.4, -0.2) is 54.1 Å². The largest absolute Gasteiger partial charge is 0.726 e. The van der Waals surface area contributed by atoms with E-state index in [0.29, 0.717) is 0 Å². The number of ether oxygens (including phenoxy) is 1. The van der Waals surface area contributed by atoms with Crippen LogP contribution in [0.5, 0.6) is 0 Å². The fraction of sp³-hybridized carbons (Fsp3) is 0.833. The highest BCUT2D eigenvalue weighted by Crippen LogP contribution is 2.18. The number of aliphatic hydroxyl groups excluding tert-OH is 1. The van der Waals surface area contributed by atoms with E-state index in [1.807, 2.05) is 0 Å². The van der Waals surface area contributed by atoms with Crippen LogP contribution in [0.3, 0.4) is 0 Å². The molecule has 0 spiro atoms. The monoisotopic (exact) mass is 241 g/mol. The van der Waals surface area contributed by atoms with Gasteiger partial charge in [-0.2, -0.15) is 0 Å². The van der Waals surface area contributed by atoms with Gasteiger partial charge in [0.05, 0.1) is 12.7 Å². The summed E-state index contributed by atoms with van der Waals surface area (Å²) in [6, 6.07) is 0. The van der Waals surface area contributed by atoms with Gasteiger partial charge in [0.2, 0.25) is 10.4 Å². The summed E-state index contributed by atoms with van der Waals surface area (Å²) in [6.45, 7) is -0.459. The first kappa shape index (κ1) is 12.3. The Kier molecular flexibility index (Phi) is 3.62. The molecule has 3 atom stereocenters. The lowest BCUT2D eigenvalue weighted by molar-refractivity contribution is -0.166. The number of aliphatic carboxylic acids is 1. The highest BCUT2D eigenvalue weighted by atomic mass is 32.3. The van der Waals surface area contributed by atoms with Gasteiger partial charge in [0, 0.05) is 6.42 Å². The van der Waals surface area contributed by atoms with Crippen molar-refractivity contribution in [3.63, 3.8) is 0 Å². The van der Waals surface area contributed by atoms with Gasteiger partial charge in [-0.05, 0) is 0 Å². The minimum absolute atomic E-state index is 0.324. The van der Waals surface area contributed by atoms with Crippen molar-refractivity contribution in [1.29, 1.82) is 0 Å². The summed E-state index contributed by atoms with van der Waals surface area (Å²) in [7, 11) is -4.93. The third-order valence-corrected chi connectivity index (χ3v) is 2.35. The van der Waals surface area contributed by atoms with Gasteiger partial charge in [0.25, 0.3) is 0 Å². The Morgan fingerprint density at radius 3 is 2.53 bits per heavy atom. The Labute approximate surface area is 85.4 Å². The maximum absolute atomic E-state index is 10.4. The highest BCUT2D eigenvalue weighted by Gasteiger charge is 2.35. The first-order valence-electron chi connectivity index (χ1n) is 3.96. The van der Waals surface area contributed by atoms with Crippen molar-refractivity contribution in [1.82, 2.24) is 0 Å². The molecule has 0 saturated carbocycles. The van der Waals surface area contributed by atoms with Crippen LogP contribution in [0.2, 0.25) is 0 Å². The Bertz CT molecular complexity index is 335. The Morgan fingerprint density at radius 2 is 2.13 bits per heavy atom. The second-order valence-electron chi connectivity index (χ2n) is 3.01. The summed E-state index contributed by atoms with van der Waals surface area (Å²) in [5.74, 6) is -1.27. The van der Waals surface area contributed by atoms with Crippen molar-refractivity contribution >= 4 is 16.4 Å². The molecule has 1 rings (SSSR count). The van der Waals surface area contributed by atoms with E-state index < -0.39 is 41.3 Å². The van der Waals surface area contributed by atoms with E-state index in [1.165, 1.54) is 0 Å². The second kappa shape index (κ2) is 4.41. The number of carboxylic acid groups (broad SMARTS) is 1. The molecular formula is C6H9O8S-. The van der Waals surface area contributed by atoms with Crippen LogP contribution in [0.25, 0.3) is 0 Å². The van der Waals surface area contributed by atoms with Crippen LogP contribution >= 0.6 is 0 Å². The minimum Gasteiger partial charge on any atom is -0.726 e. The molecule has 9 heteroatoms. The zero-order valence-electron chi connectivity index (χ0n) is 7.40. The molecule has 0 amide bonds. The SMILES string of the molecule is O=C(O)C1C[C@H](O)C(OS(=O)(=O)[O-])CO1. The van der Waals surface area contributed by atoms with Gasteiger partial charge >= 0.3 is 5.97 Å². The van der Waals surface area contributed by atoms with Crippen LogP contribution in [-0.2, 0) is 24.1 Å². The van der Waals surface area contributed by atoms with E-state index in [1.54, 1.807) is 0 Å². The predicted molar refractivity (Wildman–Crippen MR) is 42.6 cm³/mol. The van der Waals surface area contributed by atoms with Gasteiger partial charge in [0.1, 0.15) is 6.10 Å². The maximum atomic E-state index is 10.4. The topological polar surface area (TPSA) is 133 Å².